The summed E-state index contributed by atoms with van der Waals surface area (Å²) in [4.78, 5) is 2.09. The molecule has 4 heteroatoms. The van der Waals surface area contributed by atoms with E-state index in [9.17, 15) is 0 Å². The highest BCUT2D eigenvalue weighted by Crippen LogP contribution is 2.71. The first-order valence-corrected chi connectivity index (χ1v) is 7.91. The van der Waals surface area contributed by atoms with E-state index in [0.717, 1.165) is 30.0 Å². The summed E-state index contributed by atoms with van der Waals surface area (Å²) in [5.41, 5.74) is 3.21. The lowest BCUT2D eigenvalue weighted by atomic mass is 9.85. The first-order chi connectivity index (χ1) is 9.11. The van der Waals surface area contributed by atoms with Gasteiger partial charge in [-0.15, -0.1) is 0 Å². The lowest BCUT2D eigenvalue weighted by Crippen LogP contribution is -2.26. The first-order valence-electron chi connectivity index (χ1n) is 6.77. The molecule has 1 atom stereocenters. The van der Waals surface area contributed by atoms with Crippen molar-refractivity contribution in [2.45, 2.75) is 42.1 Å². The van der Waals surface area contributed by atoms with Gasteiger partial charge in [0.15, 0.2) is 0 Å². The number of alkyl halides is 2. The molecule has 3 aliphatic rings. The Morgan fingerprint density at radius 2 is 1.84 bits per heavy atom. The van der Waals surface area contributed by atoms with Gasteiger partial charge >= 0.3 is 0 Å². The lowest BCUT2D eigenvalue weighted by Gasteiger charge is -2.29. The molecule has 0 radical (unpaired) electrons. The maximum atomic E-state index is 6.73. The molecule has 100 valence electrons. The fraction of sp³-hybridized carbons (Fsp3) is 0.467. The van der Waals surface area contributed by atoms with E-state index in [4.69, 9.17) is 34.8 Å². The van der Waals surface area contributed by atoms with Gasteiger partial charge in [0, 0.05) is 11.3 Å². The van der Waals surface area contributed by atoms with E-state index in [1.54, 1.807) is 0 Å². The molecule has 0 N–H and O–H groups in total. The van der Waals surface area contributed by atoms with Gasteiger partial charge in [0.25, 0.3) is 0 Å². The molecule has 2 aliphatic heterocycles. The SMILES string of the molecule is ClC1=C2CCCCCC13N(c1ccccc12)C3(Cl)Cl. The van der Waals surface area contributed by atoms with Crippen molar-refractivity contribution in [3.8, 4) is 0 Å². The number of rotatable bonds is 0. The molecule has 1 unspecified atom stereocenters. The Balaban J connectivity index is 2.01. The summed E-state index contributed by atoms with van der Waals surface area (Å²) in [6, 6.07) is 8.31. The molecule has 2 heterocycles. The molecule has 1 spiro atoms. The van der Waals surface area contributed by atoms with E-state index in [0.29, 0.717) is 0 Å². The number of halogens is 3. The molecule has 1 aromatic carbocycles. The van der Waals surface area contributed by atoms with E-state index in [-0.39, 0.29) is 5.54 Å². The molecular weight excluding hydrogens is 301 g/mol. The number of hydrogen-bond donors (Lipinski definition) is 0. The quantitative estimate of drug-likeness (QED) is 0.356. The highest BCUT2D eigenvalue weighted by molar-refractivity contribution is 6.57. The van der Waals surface area contributed by atoms with Gasteiger partial charge in [-0.2, -0.15) is 0 Å². The number of anilines is 1. The molecule has 0 amide bonds. The van der Waals surface area contributed by atoms with Crippen LogP contribution in [0.2, 0.25) is 0 Å². The maximum Gasteiger partial charge on any atom is 0.219 e. The molecule has 19 heavy (non-hydrogen) atoms. The van der Waals surface area contributed by atoms with Crippen LogP contribution >= 0.6 is 34.8 Å². The molecule has 1 fully saturated rings. The molecule has 0 saturated carbocycles. The second kappa shape index (κ2) is 3.84. The van der Waals surface area contributed by atoms with E-state index in [2.05, 4.69) is 23.1 Å². The van der Waals surface area contributed by atoms with Gasteiger partial charge in [0.1, 0.15) is 5.54 Å². The molecule has 1 nitrogen and oxygen atoms in total. The van der Waals surface area contributed by atoms with Crippen LogP contribution in [0, 0.1) is 0 Å². The highest BCUT2D eigenvalue weighted by atomic mass is 35.5. The average molecular weight is 315 g/mol. The van der Waals surface area contributed by atoms with Crippen molar-refractivity contribution in [1.82, 2.24) is 0 Å². The van der Waals surface area contributed by atoms with Gasteiger partial charge in [-0.3, -0.25) is 0 Å². The Hall–Kier alpha value is -0.370. The fourth-order valence-electron chi connectivity index (χ4n) is 3.70. The van der Waals surface area contributed by atoms with Gasteiger partial charge < -0.3 is 4.90 Å². The zero-order valence-electron chi connectivity index (χ0n) is 10.4. The van der Waals surface area contributed by atoms with Gasteiger partial charge in [-0.05, 0) is 30.9 Å². The molecule has 4 rings (SSSR count). The van der Waals surface area contributed by atoms with Crippen molar-refractivity contribution in [3.05, 3.63) is 34.9 Å². The molecule has 1 saturated heterocycles. The van der Waals surface area contributed by atoms with Crippen LogP contribution in [0.25, 0.3) is 5.57 Å². The van der Waals surface area contributed by atoms with E-state index in [1.807, 2.05) is 6.07 Å². The second-order valence-electron chi connectivity index (χ2n) is 5.61. The van der Waals surface area contributed by atoms with E-state index < -0.39 is 4.46 Å². The molecule has 0 aromatic heterocycles. The zero-order chi connectivity index (χ0) is 13.3. The Kier molecular flexibility index (Phi) is 2.50. The van der Waals surface area contributed by atoms with Crippen LogP contribution < -0.4 is 4.90 Å². The van der Waals surface area contributed by atoms with E-state index in [1.165, 1.54) is 24.0 Å². The van der Waals surface area contributed by atoms with Crippen molar-refractivity contribution in [3.63, 3.8) is 0 Å². The van der Waals surface area contributed by atoms with Crippen LogP contribution in [0.5, 0.6) is 0 Å². The first kappa shape index (κ1) is 12.4. The number of benzene rings is 1. The minimum absolute atomic E-state index is 0.373. The fourth-order valence-corrected chi connectivity index (χ4v) is 5.24. The summed E-state index contributed by atoms with van der Waals surface area (Å²) in [6.07, 6.45) is 5.50. The van der Waals surface area contributed by atoms with Crippen LogP contribution in [0.1, 0.15) is 37.7 Å². The summed E-state index contributed by atoms with van der Waals surface area (Å²) in [5.74, 6) is 0. The number of allylic oxidation sites excluding steroid dienone is 1. The van der Waals surface area contributed by atoms with Gasteiger partial charge in [-0.25, -0.2) is 0 Å². The number of fused-ring (bicyclic) bond motifs is 3. The van der Waals surface area contributed by atoms with E-state index >= 15 is 0 Å². The van der Waals surface area contributed by atoms with Crippen molar-refractivity contribution < 1.29 is 0 Å². The minimum Gasteiger partial charge on any atom is -0.322 e. The molecule has 2 bridgehead atoms. The van der Waals surface area contributed by atoms with Gasteiger partial charge in [0.05, 0.1) is 5.03 Å². The number of hydrogen-bond acceptors (Lipinski definition) is 1. The Labute approximate surface area is 128 Å². The summed E-state index contributed by atoms with van der Waals surface area (Å²) in [7, 11) is 0. The summed E-state index contributed by atoms with van der Waals surface area (Å²) in [6.45, 7) is 0. The average Bonchev–Trinajstić information content (AvgIpc) is 2.91. The Bertz CT molecular complexity index is 593. The van der Waals surface area contributed by atoms with Crippen LogP contribution in [0.3, 0.4) is 0 Å². The Morgan fingerprint density at radius 3 is 2.68 bits per heavy atom. The molecule has 1 aromatic rings. The van der Waals surface area contributed by atoms with Gasteiger partial charge in [0.2, 0.25) is 4.46 Å². The third kappa shape index (κ3) is 1.34. The van der Waals surface area contributed by atoms with Crippen LogP contribution in [0.4, 0.5) is 5.69 Å². The molecule has 1 aliphatic carbocycles. The largest absolute Gasteiger partial charge is 0.322 e. The summed E-state index contributed by atoms with van der Waals surface area (Å²) < 4.78 is -0.890. The summed E-state index contributed by atoms with van der Waals surface area (Å²) >= 11 is 19.9. The van der Waals surface area contributed by atoms with Crippen LogP contribution in [0.15, 0.2) is 29.3 Å². The van der Waals surface area contributed by atoms with Crippen molar-refractivity contribution in [2.75, 3.05) is 4.90 Å². The topological polar surface area (TPSA) is 3.01 Å². The van der Waals surface area contributed by atoms with Crippen LogP contribution in [-0.2, 0) is 0 Å². The van der Waals surface area contributed by atoms with Crippen LogP contribution in [-0.4, -0.2) is 10.00 Å². The minimum atomic E-state index is -0.890. The van der Waals surface area contributed by atoms with Crippen molar-refractivity contribution in [1.29, 1.82) is 0 Å². The second-order valence-corrected chi connectivity index (χ2v) is 7.27. The molecular formula is C15H14Cl3N. The lowest BCUT2D eigenvalue weighted by molar-refractivity contribution is 0.570. The third-order valence-electron chi connectivity index (χ3n) is 4.67. The third-order valence-corrected chi connectivity index (χ3v) is 6.18. The standard InChI is InChI=1S/C15H14Cl3N/c16-13-11-7-2-1-5-9-14(13)15(17,18)19(14)12-8-4-3-6-10(11)12/h3-4,6,8H,1-2,5,7,9H2. The Morgan fingerprint density at radius 1 is 1.05 bits per heavy atom. The highest BCUT2D eigenvalue weighted by Gasteiger charge is 2.77. The smallest absolute Gasteiger partial charge is 0.219 e. The number of para-hydroxylation sites is 1. The summed E-state index contributed by atoms with van der Waals surface area (Å²) in [5, 5.41) is 0.871. The van der Waals surface area contributed by atoms with Gasteiger partial charge in [-0.1, -0.05) is 65.8 Å². The zero-order valence-corrected chi connectivity index (χ0v) is 12.7. The monoisotopic (exact) mass is 313 g/mol. The predicted octanol–water partition coefficient (Wildman–Crippen LogP) is 5.30. The van der Waals surface area contributed by atoms with Crippen molar-refractivity contribution in [2.24, 2.45) is 0 Å². The number of nitrogens with zero attached hydrogens (tertiary/aromatic N) is 1. The maximum absolute atomic E-state index is 6.73. The van der Waals surface area contributed by atoms with Crippen molar-refractivity contribution >= 4 is 46.1 Å². The normalized spacial score (nSPS) is 31.2. The predicted molar refractivity (Wildman–Crippen MR) is 81.9 cm³/mol.